The van der Waals surface area contributed by atoms with Crippen molar-refractivity contribution in [1.29, 1.82) is 0 Å². The Labute approximate surface area is 174 Å². The Bertz CT molecular complexity index is 868. The standard InChI is InChI=1S/C20H21N3O7/c1-2-3-4-5-6-7-8-9-10-11-12-13-14-15-16-17-19(21(25)26)20(18-24,22(27)28)23(29)30/h18-19H,2-5,8,11,14,17H2,1H3. The lowest BCUT2D eigenvalue weighted by Crippen LogP contribution is -2.59. The van der Waals surface area contributed by atoms with Gasteiger partial charge >= 0.3 is 11.7 Å². The Hall–Kier alpha value is -3.89. The summed E-state index contributed by atoms with van der Waals surface area (Å²) in [5, 5.41) is 32.9. The van der Waals surface area contributed by atoms with Crippen molar-refractivity contribution in [2.24, 2.45) is 0 Å². The van der Waals surface area contributed by atoms with Gasteiger partial charge in [0.05, 0.1) is 25.7 Å². The third-order valence-corrected chi connectivity index (χ3v) is 3.73. The van der Waals surface area contributed by atoms with Crippen LogP contribution in [0.25, 0.3) is 0 Å². The molecule has 0 N–H and O–H groups in total. The number of hydrogen-bond acceptors (Lipinski definition) is 7. The van der Waals surface area contributed by atoms with Crippen LogP contribution < -0.4 is 0 Å². The maximum Gasteiger partial charge on any atom is 0.578 e. The molecular weight excluding hydrogens is 394 g/mol. The predicted molar refractivity (Wildman–Crippen MR) is 107 cm³/mol. The Kier molecular flexibility index (Phi) is 13.1. The lowest BCUT2D eigenvalue weighted by Gasteiger charge is -2.13. The van der Waals surface area contributed by atoms with Crippen LogP contribution in [0.5, 0.6) is 0 Å². The smallest absolute Gasteiger partial charge is 0.287 e. The highest BCUT2D eigenvalue weighted by molar-refractivity contribution is 5.60. The molecule has 0 aromatic rings. The summed E-state index contributed by atoms with van der Waals surface area (Å²) in [5.74, 6) is 21.7. The molecular formula is C20H21N3O7. The van der Waals surface area contributed by atoms with Gasteiger partial charge in [-0.3, -0.25) is 35.1 Å². The molecule has 10 nitrogen and oxygen atoms in total. The maximum atomic E-state index is 11.0. The number of unbranched alkanes of at least 4 members (excludes halogenated alkanes) is 3. The first kappa shape index (κ1) is 26.1. The zero-order valence-electron chi connectivity index (χ0n) is 16.5. The molecule has 0 heterocycles. The van der Waals surface area contributed by atoms with E-state index in [1.54, 1.807) is 0 Å². The van der Waals surface area contributed by atoms with Gasteiger partial charge in [0.25, 0.3) is 6.29 Å². The van der Waals surface area contributed by atoms with Crippen LogP contribution >= 0.6 is 0 Å². The molecule has 0 aliphatic heterocycles. The zero-order chi connectivity index (χ0) is 22.8. The number of nitro groups is 3. The Morgan fingerprint density at radius 3 is 1.67 bits per heavy atom. The van der Waals surface area contributed by atoms with Gasteiger partial charge in [0.2, 0.25) is 0 Å². The normalized spacial score (nSPS) is 10.3. The Morgan fingerprint density at radius 2 is 1.27 bits per heavy atom. The van der Waals surface area contributed by atoms with Crippen molar-refractivity contribution in [3.05, 3.63) is 30.3 Å². The van der Waals surface area contributed by atoms with E-state index in [2.05, 4.69) is 54.3 Å². The SMILES string of the molecule is CCCCCC#CCC#CCC#CCC#CCC([N+](=O)[O-])C(C=O)([N+](=O)[O-])[N+](=O)[O-]. The molecule has 10 heteroatoms. The average Bonchev–Trinajstić information content (AvgIpc) is 2.69. The number of nitrogens with zero attached hydrogens (tertiary/aromatic N) is 3. The van der Waals surface area contributed by atoms with Crippen molar-refractivity contribution in [1.82, 2.24) is 0 Å². The molecule has 0 bridgehead atoms. The highest BCUT2D eigenvalue weighted by atomic mass is 16.7. The second-order valence-corrected chi connectivity index (χ2v) is 5.82. The van der Waals surface area contributed by atoms with Crippen LogP contribution in [0.1, 0.15) is 58.3 Å². The van der Waals surface area contributed by atoms with Gasteiger partial charge in [-0.25, -0.2) is 0 Å². The van der Waals surface area contributed by atoms with Crippen molar-refractivity contribution in [3.63, 3.8) is 0 Å². The summed E-state index contributed by atoms with van der Waals surface area (Å²) in [5.41, 5.74) is -3.58. The minimum Gasteiger partial charge on any atom is -0.287 e. The predicted octanol–water partition coefficient (Wildman–Crippen LogP) is 2.23. The van der Waals surface area contributed by atoms with Crippen LogP contribution in [0.2, 0.25) is 0 Å². The van der Waals surface area contributed by atoms with Gasteiger partial charge < -0.3 is 0 Å². The molecule has 0 spiro atoms. The van der Waals surface area contributed by atoms with E-state index >= 15 is 0 Å². The molecule has 1 atom stereocenters. The van der Waals surface area contributed by atoms with Crippen LogP contribution in [0, 0.1) is 77.7 Å². The largest absolute Gasteiger partial charge is 0.578 e. The van der Waals surface area contributed by atoms with Crippen molar-refractivity contribution in [2.45, 2.75) is 70.0 Å². The van der Waals surface area contributed by atoms with E-state index in [-0.39, 0.29) is 12.8 Å². The summed E-state index contributed by atoms with van der Waals surface area (Å²) in [6.45, 7) is 2.12. The quantitative estimate of drug-likeness (QED) is 0.140. The lowest BCUT2D eigenvalue weighted by molar-refractivity contribution is -0.811. The fourth-order valence-electron chi connectivity index (χ4n) is 2.08. The molecule has 0 aliphatic carbocycles. The van der Waals surface area contributed by atoms with E-state index in [4.69, 9.17) is 0 Å². The van der Waals surface area contributed by atoms with E-state index in [0.717, 1.165) is 25.7 Å². The Morgan fingerprint density at radius 1 is 0.800 bits per heavy atom. The van der Waals surface area contributed by atoms with Crippen molar-refractivity contribution in [3.8, 4) is 47.4 Å². The van der Waals surface area contributed by atoms with E-state index < -0.39 is 39.2 Å². The zero-order valence-corrected chi connectivity index (χ0v) is 16.5. The van der Waals surface area contributed by atoms with Gasteiger partial charge in [-0.05, 0) is 6.42 Å². The molecule has 0 saturated heterocycles. The van der Waals surface area contributed by atoms with Crippen molar-refractivity contribution in [2.75, 3.05) is 0 Å². The van der Waals surface area contributed by atoms with Crippen LogP contribution in [-0.2, 0) is 4.79 Å². The highest BCUT2D eigenvalue weighted by Crippen LogP contribution is 2.19. The van der Waals surface area contributed by atoms with E-state index in [9.17, 15) is 35.1 Å². The van der Waals surface area contributed by atoms with Gasteiger partial charge in [-0.2, -0.15) is 0 Å². The molecule has 0 fully saturated rings. The molecule has 0 amide bonds. The van der Waals surface area contributed by atoms with Crippen molar-refractivity contribution >= 4 is 6.29 Å². The van der Waals surface area contributed by atoms with Crippen LogP contribution in [0.15, 0.2) is 0 Å². The van der Waals surface area contributed by atoms with Gasteiger partial charge in [0.15, 0.2) is 0 Å². The highest BCUT2D eigenvalue weighted by Gasteiger charge is 2.70. The molecule has 1 unspecified atom stereocenters. The summed E-state index contributed by atoms with van der Waals surface area (Å²) in [4.78, 5) is 39.4. The molecule has 0 aromatic heterocycles. The molecule has 158 valence electrons. The minimum absolute atomic E-state index is 0.00559. The second-order valence-electron chi connectivity index (χ2n) is 5.82. The topological polar surface area (TPSA) is 146 Å². The average molecular weight is 415 g/mol. The summed E-state index contributed by atoms with van der Waals surface area (Å²) >= 11 is 0. The summed E-state index contributed by atoms with van der Waals surface area (Å²) in [6.07, 6.45) is 3.52. The first-order valence-corrected chi connectivity index (χ1v) is 9.06. The van der Waals surface area contributed by atoms with Crippen LogP contribution in [0.4, 0.5) is 0 Å². The first-order valence-electron chi connectivity index (χ1n) is 9.06. The Balaban J connectivity index is 4.64. The summed E-state index contributed by atoms with van der Waals surface area (Å²) in [7, 11) is 0. The van der Waals surface area contributed by atoms with Crippen molar-refractivity contribution < 1.29 is 19.6 Å². The van der Waals surface area contributed by atoms with Crippen LogP contribution in [0.3, 0.4) is 0 Å². The molecule has 0 rings (SSSR count). The number of rotatable bonds is 9. The fraction of sp³-hybridized carbons (Fsp3) is 0.550. The van der Waals surface area contributed by atoms with E-state index in [0.29, 0.717) is 6.42 Å². The van der Waals surface area contributed by atoms with Gasteiger partial charge in [0, 0.05) is 11.3 Å². The molecule has 0 aliphatic rings. The summed E-state index contributed by atoms with van der Waals surface area (Å²) < 4.78 is 0. The number of carbonyl (C=O) groups excluding carboxylic acids is 1. The van der Waals surface area contributed by atoms with Gasteiger partial charge in [-0.15, -0.1) is 5.92 Å². The van der Waals surface area contributed by atoms with Crippen LogP contribution in [-0.4, -0.2) is 32.8 Å². The second kappa shape index (κ2) is 15.1. The number of hydrogen-bond donors (Lipinski definition) is 0. The molecule has 0 aromatic carbocycles. The third kappa shape index (κ3) is 8.87. The first-order chi connectivity index (χ1) is 14.3. The monoisotopic (exact) mass is 415 g/mol. The number of aldehydes is 1. The molecule has 0 radical (unpaired) electrons. The lowest BCUT2D eigenvalue weighted by atomic mass is 10.0. The maximum absolute atomic E-state index is 11.0. The number of carbonyl (C=O) groups is 1. The minimum atomic E-state index is -3.58. The molecule has 30 heavy (non-hydrogen) atoms. The van der Waals surface area contributed by atoms with Gasteiger partial charge in [-0.1, -0.05) is 61.2 Å². The van der Waals surface area contributed by atoms with Gasteiger partial charge in [0.1, 0.15) is 9.85 Å². The third-order valence-electron chi connectivity index (χ3n) is 3.73. The summed E-state index contributed by atoms with van der Waals surface area (Å²) in [6, 6.07) is -2.42. The van der Waals surface area contributed by atoms with E-state index in [1.165, 1.54) is 0 Å². The fourth-order valence-corrected chi connectivity index (χ4v) is 2.08. The van der Waals surface area contributed by atoms with E-state index in [1.807, 2.05) is 0 Å². The molecule has 0 saturated carbocycles.